The van der Waals surface area contributed by atoms with Gasteiger partial charge in [-0.1, -0.05) is 37.3 Å². The molecule has 1 aromatic heterocycles. The van der Waals surface area contributed by atoms with Gasteiger partial charge in [0, 0.05) is 9.75 Å². The molecule has 1 aliphatic rings. The number of hydrogen-bond donors (Lipinski definition) is 1. The average molecular weight is 462 g/mol. The highest BCUT2D eigenvalue weighted by molar-refractivity contribution is 7.89. The first kappa shape index (κ1) is 21.5. The SMILES string of the molecule is CCC(C(=O)O)N1Cc2sc(-c3ccc(-c4ccc(OC)c(F)c4)cc3)cc2S1(=O)=O. The molecular formula is C22H20FNO5S2. The van der Waals surface area contributed by atoms with Gasteiger partial charge in [0.05, 0.1) is 18.6 Å². The molecule has 1 atom stereocenters. The third kappa shape index (κ3) is 3.73. The number of sulfonamides is 1. The van der Waals surface area contributed by atoms with Gasteiger partial charge in [-0.2, -0.15) is 4.31 Å². The van der Waals surface area contributed by atoms with Crippen molar-refractivity contribution in [3.8, 4) is 27.3 Å². The smallest absolute Gasteiger partial charge is 0.322 e. The van der Waals surface area contributed by atoms with E-state index in [0.717, 1.165) is 20.3 Å². The van der Waals surface area contributed by atoms with Crippen LogP contribution in [-0.2, 0) is 21.4 Å². The van der Waals surface area contributed by atoms with Crippen molar-refractivity contribution in [1.82, 2.24) is 4.31 Å². The molecule has 2 heterocycles. The summed E-state index contributed by atoms with van der Waals surface area (Å²) in [6.45, 7) is 1.72. The average Bonchev–Trinajstić information content (AvgIpc) is 3.27. The van der Waals surface area contributed by atoms with Crippen LogP contribution in [0.5, 0.6) is 5.75 Å². The van der Waals surface area contributed by atoms with E-state index in [2.05, 4.69) is 0 Å². The maximum Gasteiger partial charge on any atom is 0.322 e. The Bertz CT molecular complexity index is 1250. The zero-order valence-corrected chi connectivity index (χ0v) is 18.5. The Labute approximate surface area is 183 Å². The zero-order valence-electron chi connectivity index (χ0n) is 16.8. The van der Waals surface area contributed by atoms with Crippen LogP contribution >= 0.6 is 11.3 Å². The Hall–Kier alpha value is -2.75. The summed E-state index contributed by atoms with van der Waals surface area (Å²) in [5.74, 6) is -1.41. The number of fused-ring (bicyclic) bond motifs is 1. The maximum absolute atomic E-state index is 14.0. The van der Waals surface area contributed by atoms with Crippen LogP contribution in [0, 0.1) is 5.82 Å². The molecule has 1 N–H and O–H groups in total. The number of nitrogens with zero attached hydrogens (tertiary/aromatic N) is 1. The summed E-state index contributed by atoms with van der Waals surface area (Å²) in [5.41, 5.74) is 2.36. The van der Waals surface area contributed by atoms with Crippen molar-refractivity contribution in [2.24, 2.45) is 0 Å². The lowest BCUT2D eigenvalue weighted by atomic mass is 10.0. The monoisotopic (exact) mass is 461 g/mol. The lowest BCUT2D eigenvalue weighted by Gasteiger charge is -2.21. The van der Waals surface area contributed by atoms with Crippen LogP contribution in [0.2, 0.25) is 0 Å². The van der Waals surface area contributed by atoms with Crippen LogP contribution in [0.15, 0.2) is 53.4 Å². The second-order valence-corrected chi connectivity index (χ2v) is 10.1. The molecule has 162 valence electrons. The summed E-state index contributed by atoms with van der Waals surface area (Å²) in [5, 5.41) is 9.35. The van der Waals surface area contributed by atoms with Gasteiger partial charge in [-0.25, -0.2) is 12.8 Å². The molecule has 0 spiro atoms. The van der Waals surface area contributed by atoms with Gasteiger partial charge in [-0.05, 0) is 41.3 Å². The summed E-state index contributed by atoms with van der Waals surface area (Å²) in [4.78, 5) is 13.0. The molecule has 3 aromatic rings. The normalized spacial score (nSPS) is 16.1. The quantitative estimate of drug-likeness (QED) is 0.580. The molecule has 9 heteroatoms. The standard InChI is InChI=1S/C22H20FNO5S2/c1-3-17(22(25)26)24-12-20-21(31(24,27)28)11-19(30-20)14-6-4-13(5-7-14)15-8-9-18(29-2)16(23)10-15/h4-11,17H,3,12H2,1-2H3,(H,25,26). The summed E-state index contributed by atoms with van der Waals surface area (Å²) in [7, 11) is -2.43. The van der Waals surface area contributed by atoms with Gasteiger partial charge in [0.1, 0.15) is 6.04 Å². The maximum atomic E-state index is 14.0. The van der Waals surface area contributed by atoms with Crippen molar-refractivity contribution in [3.63, 3.8) is 0 Å². The van der Waals surface area contributed by atoms with E-state index < -0.39 is 27.9 Å². The third-order valence-electron chi connectivity index (χ3n) is 5.33. The van der Waals surface area contributed by atoms with Gasteiger partial charge in [-0.3, -0.25) is 4.79 Å². The number of thiophene rings is 1. The number of halogens is 1. The molecule has 0 bridgehead atoms. The molecule has 1 unspecified atom stereocenters. The molecule has 4 rings (SSSR count). The summed E-state index contributed by atoms with van der Waals surface area (Å²) in [6, 6.07) is 12.7. The minimum Gasteiger partial charge on any atom is -0.494 e. The molecule has 0 fully saturated rings. The zero-order chi connectivity index (χ0) is 22.3. The van der Waals surface area contributed by atoms with Crippen LogP contribution in [0.1, 0.15) is 18.2 Å². The molecule has 0 amide bonds. The first-order valence-electron chi connectivity index (χ1n) is 9.58. The Balaban J connectivity index is 1.61. The minimum atomic E-state index is -3.84. The van der Waals surface area contributed by atoms with Crippen molar-refractivity contribution < 1.29 is 27.4 Å². The Kier molecular flexibility index (Phi) is 5.59. The van der Waals surface area contributed by atoms with Crippen LogP contribution in [0.25, 0.3) is 21.6 Å². The van der Waals surface area contributed by atoms with E-state index >= 15 is 0 Å². The number of carboxylic acids is 1. The molecule has 0 radical (unpaired) electrons. The van der Waals surface area contributed by atoms with Crippen LogP contribution in [0.4, 0.5) is 4.39 Å². The van der Waals surface area contributed by atoms with Gasteiger partial charge in [0.15, 0.2) is 11.6 Å². The van der Waals surface area contributed by atoms with Gasteiger partial charge >= 0.3 is 5.97 Å². The van der Waals surface area contributed by atoms with Crippen molar-refractivity contribution in [1.29, 1.82) is 0 Å². The highest BCUT2D eigenvalue weighted by Gasteiger charge is 2.43. The lowest BCUT2D eigenvalue weighted by molar-refractivity contribution is -0.141. The third-order valence-corrected chi connectivity index (χ3v) is 8.55. The first-order chi connectivity index (χ1) is 14.8. The predicted octanol–water partition coefficient (Wildman–Crippen LogP) is 4.60. The highest BCUT2D eigenvalue weighted by Crippen LogP contribution is 2.42. The van der Waals surface area contributed by atoms with Crippen LogP contribution in [0.3, 0.4) is 0 Å². The second-order valence-electron chi connectivity index (χ2n) is 7.14. The predicted molar refractivity (Wildman–Crippen MR) is 116 cm³/mol. The van der Waals surface area contributed by atoms with Crippen LogP contribution in [-0.4, -0.2) is 37.0 Å². The molecule has 31 heavy (non-hydrogen) atoms. The van der Waals surface area contributed by atoms with E-state index in [9.17, 15) is 22.7 Å². The van der Waals surface area contributed by atoms with E-state index in [4.69, 9.17) is 4.74 Å². The van der Waals surface area contributed by atoms with E-state index in [1.54, 1.807) is 25.1 Å². The molecule has 0 saturated heterocycles. The molecule has 0 aliphatic carbocycles. The number of rotatable bonds is 6. The van der Waals surface area contributed by atoms with Crippen LogP contribution < -0.4 is 4.74 Å². The number of ether oxygens (including phenoxy) is 1. The van der Waals surface area contributed by atoms with Crippen molar-refractivity contribution >= 4 is 27.3 Å². The number of aliphatic carboxylic acids is 1. The van der Waals surface area contributed by atoms with Crippen molar-refractivity contribution in [3.05, 3.63) is 59.2 Å². The second kappa shape index (κ2) is 8.07. The minimum absolute atomic E-state index is 0.0658. The summed E-state index contributed by atoms with van der Waals surface area (Å²) in [6.07, 6.45) is 0.198. The first-order valence-corrected chi connectivity index (χ1v) is 11.8. The fourth-order valence-electron chi connectivity index (χ4n) is 3.69. The Morgan fingerprint density at radius 1 is 1.16 bits per heavy atom. The summed E-state index contributed by atoms with van der Waals surface area (Å²) < 4.78 is 45.7. The van der Waals surface area contributed by atoms with E-state index in [0.29, 0.717) is 10.4 Å². The number of hydrogen-bond acceptors (Lipinski definition) is 5. The van der Waals surface area contributed by atoms with E-state index in [-0.39, 0.29) is 23.6 Å². The molecule has 1 aliphatic heterocycles. The molecule has 2 aromatic carbocycles. The fourth-order valence-corrected chi connectivity index (χ4v) is 7.09. The Morgan fingerprint density at radius 2 is 1.81 bits per heavy atom. The van der Waals surface area contributed by atoms with Crippen molar-refractivity contribution in [2.75, 3.05) is 7.11 Å². The molecule has 0 saturated carbocycles. The largest absolute Gasteiger partial charge is 0.494 e. The Morgan fingerprint density at radius 3 is 2.35 bits per heavy atom. The van der Waals surface area contributed by atoms with Gasteiger partial charge < -0.3 is 9.84 Å². The highest BCUT2D eigenvalue weighted by atomic mass is 32.2. The van der Waals surface area contributed by atoms with E-state index in [1.807, 2.05) is 24.3 Å². The summed E-state index contributed by atoms with van der Waals surface area (Å²) >= 11 is 1.34. The number of methoxy groups -OCH3 is 1. The lowest BCUT2D eigenvalue weighted by Crippen LogP contribution is -2.40. The van der Waals surface area contributed by atoms with Gasteiger partial charge in [0.25, 0.3) is 0 Å². The topological polar surface area (TPSA) is 83.9 Å². The number of carboxylic acid groups (broad SMARTS) is 1. The number of carbonyl (C=O) groups is 1. The number of benzene rings is 2. The van der Waals surface area contributed by atoms with Gasteiger partial charge in [-0.15, -0.1) is 11.3 Å². The van der Waals surface area contributed by atoms with Gasteiger partial charge in [0.2, 0.25) is 10.0 Å². The van der Waals surface area contributed by atoms with E-state index in [1.165, 1.54) is 24.5 Å². The fraction of sp³-hybridized carbons (Fsp3) is 0.227. The van der Waals surface area contributed by atoms with Crippen molar-refractivity contribution in [2.45, 2.75) is 30.8 Å². The molecule has 6 nitrogen and oxygen atoms in total. The molecular weight excluding hydrogens is 441 g/mol.